The van der Waals surface area contributed by atoms with Crippen molar-refractivity contribution in [2.24, 2.45) is 0 Å². The van der Waals surface area contributed by atoms with E-state index in [-0.39, 0.29) is 0 Å². The molecule has 126 valence electrons. The molecule has 1 fully saturated rings. The fourth-order valence-electron chi connectivity index (χ4n) is 3.53. The first-order chi connectivity index (χ1) is 12.3. The largest absolute Gasteiger partial charge is 0.399 e. The van der Waals surface area contributed by atoms with Gasteiger partial charge >= 0.3 is 0 Å². The van der Waals surface area contributed by atoms with E-state index in [4.69, 9.17) is 10.5 Å². The minimum Gasteiger partial charge on any atom is -0.399 e. The van der Waals surface area contributed by atoms with Crippen molar-refractivity contribution < 1.29 is 4.74 Å². The number of rotatable bonds is 4. The van der Waals surface area contributed by atoms with Gasteiger partial charge in [-0.25, -0.2) is 9.97 Å². The van der Waals surface area contributed by atoms with Crippen LogP contribution in [-0.4, -0.2) is 25.5 Å². The standard InChI is InChI=1S/C19H19N5O/c20-14-3-1-12(2-4-14)11-25-16-7-13(8-16)19-23-10-15-9-22-18-17(24(15)19)5-6-21-18/h1-6,9-10,13,16,21H,7-8,11,20H2/t13-,16+. The van der Waals surface area contributed by atoms with Gasteiger partial charge in [0.1, 0.15) is 5.82 Å². The van der Waals surface area contributed by atoms with E-state index in [1.807, 2.05) is 48.9 Å². The summed E-state index contributed by atoms with van der Waals surface area (Å²) >= 11 is 0. The van der Waals surface area contributed by atoms with Crippen LogP contribution in [0.3, 0.4) is 0 Å². The third kappa shape index (κ3) is 2.46. The second-order valence-electron chi connectivity index (χ2n) is 6.69. The number of fused-ring (bicyclic) bond motifs is 3. The zero-order valence-corrected chi connectivity index (χ0v) is 13.7. The van der Waals surface area contributed by atoms with Crippen molar-refractivity contribution >= 4 is 22.4 Å². The number of ether oxygens (including phenoxy) is 1. The second-order valence-corrected chi connectivity index (χ2v) is 6.69. The lowest BCUT2D eigenvalue weighted by atomic mass is 9.81. The summed E-state index contributed by atoms with van der Waals surface area (Å²) in [6.07, 6.45) is 7.98. The Balaban J connectivity index is 1.30. The van der Waals surface area contributed by atoms with Crippen molar-refractivity contribution in [3.8, 4) is 0 Å². The number of hydrogen-bond acceptors (Lipinski definition) is 4. The second kappa shape index (κ2) is 5.60. The van der Waals surface area contributed by atoms with Crippen LogP contribution in [0.15, 0.2) is 48.9 Å². The quantitative estimate of drug-likeness (QED) is 0.562. The number of H-pyrrole nitrogens is 1. The molecule has 3 heterocycles. The van der Waals surface area contributed by atoms with Crippen LogP contribution in [0.2, 0.25) is 0 Å². The highest BCUT2D eigenvalue weighted by atomic mass is 16.5. The molecule has 0 atom stereocenters. The van der Waals surface area contributed by atoms with Crippen molar-refractivity contribution in [3.63, 3.8) is 0 Å². The number of nitrogens with two attached hydrogens (primary N) is 1. The van der Waals surface area contributed by atoms with Gasteiger partial charge in [-0.2, -0.15) is 0 Å². The van der Waals surface area contributed by atoms with Crippen LogP contribution in [0.1, 0.15) is 30.1 Å². The molecular formula is C19H19N5O. The smallest absolute Gasteiger partial charge is 0.154 e. The average Bonchev–Trinajstić information content (AvgIpc) is 3.21. The van der Waals surface area contributed by atoms with Crippen molar-refractivity contribution in [1.82, 2.24) is 19.4 Å². The van der Waals surface area contributed by atoms with Crippen molar-refractivity contribution in [2.75, 3.05) is 5.73 Å². The monoisotopic (exact) mass is 333 g/mol. The summed E-state index contributed by atoms with van der Waals surface area (Å²) in [6, 6.07) is 9.91. The van der Waals surface area contributed by atoms with E-state index < -0.39 is 0 Å². The molecule has 1 aliphatic carbocycles. The summed E-state index contributed by atoms with van der Waals surface area (Å²) in [6.45, 7) is 0.631. The van der Waals surface area contributed by atoms with Crippen LogP contribution in [-0.2, 0) is 11.3 Å². The molecule has 0 bridgehead atoms. The highest BCUT2D eigenvalue weighted by Gasteiger charge is 2.34. The highest BCUT2D eigenvalue weighted by Crippen LogP contribution is 2.39. The molecule has 0 spiro atoms. The first kappa shape index (κ1) is 14.5. The number of aromatic amines is 1. The number of imidazole rings is 1. The van der Waals surface area contributed by atoms with Gasteiger partial charge in [0.05, 0.1) is 36.1 Å². The fraction of sp³-hybridized carbons (Fsp3) is 0.263. The number of benzene rings is 1. The maximum atomic E-state index is 6.02. The molecule has 6 heteroatoms. The molecule has 0 saturated heterocycles. The van der Waals surface area contributed by atoms with Gasteiger partial charge in [-0.3, -0.25) is 4.40 Å². The molecular weight excluding hydrogens is 314 g/mol. The number of nitrogens with one attached hydrogen (secondary N) is 1. The molecule has 0 amide bonds. The zero-order valence-electron chi connectivity index (χ0n) is 13.7. The number of aromatic nitrogens is 4. The van der Waals surface area contributed by atoms with Gasteiger partial charge in [0.25, 0.3) is 0 Å². The number of nitrogens with zero attached hydrogens (tertiary/aromatic N) is 3. The third-order valence-electron chi connectivity index (χ3n) is 5.01. The van der Waals surface area contributed by atoms with Gasteiger partial charge in [0.2, 0.25) is 0 Å². The van der Waals surface area contributed by atoms with E-state index >= 15 is 0 Å². The van der Waals surface area contributed by atoms with Crippen molar-refractivity contribution in [2.45, 2.75) is 31.5 Å². The van der Waals surface area contributed by atoms with Crippen LogP contribution < -0.4 is 5.73 Å². The number of anilines is 1. The SMILES string of the molecule is Nc1ccc(CO[C@H]2C[C@@H](c3ncc4cnc5[nH]ccc5n43)C2)cc1. The van der Waals surface area contributed by atoms with Crippen LogP contribution in [0.4, 0.5) is 5.69 Å². The average molecular weight is 333 g/mol. The number of hydrogen-bond donors (Lipinski definition) is 2. The van der Waals surface area contributed by atoms with E-state index in [0.29, 0.717) is 18.6 Å². The van der Waals surface area contributed by atoms with E-state index in [1.165, 1.54) is 0 Å². The highest BCUT2D eigenvalue weighted by molar-refractivity contribution is 5.75. The summed E-state index contributed by atoms with van der Waals surface area (Å²) in [5.41, 5.74) is 10.7. The molecule has 3 N–H and O–H groups in total. The minimum atomic E-state index is 0.290. The lowest BCUT2D eigenvalue weighted by molar-refractivity contribution is -0.0223. The number of nitrogen functional groups attached to an aromatic ring is 1. The lowest BCUT2D eigenvalue weighted by Crippen LogP contribution is -2.30. The minimum absolute atomic E-state index is 0.290. The van der Waals surface area contributed by atoms with E-state index in [0.717, 1.165) is 46.6 Å². The Labute approximate surface area is 144 Å². The van der Waals surface area contributed by atoms with Crippen molar-refractivity contribution in [3.05, 3.63) is 60.3 Å². The Kier molecular flexibility index (Phi) is 3.24. The lowest BCUT2D eigenvalue weighted by Gasteiger charge is -2.34. The summed E-state index contributed by atoms with van der Waals surface area (Å²) < 4.78 is 8.23. The molecule has 3 aromatic heterocycles. The Morgan fingerprint density at radius 2 is 1.92 bits per heavy atom. The van der Waals surface area contributed by atoms with Gasteiger partial charge in [0.15, 0.2) is 5.65 Å². The van der Waals surface area contributed by atoms with E-state index in [9.17, 15) is 0 Å². The van der Waals surface area contributed by atoms with E-state index in [1.54, 1.807) is 0 Å². The Bertz CT molecular complexity index is 1030. The van der Waals surface area contributed by atoms with E-state index in [2.05, 4.69) is 19.4 Å². The van der Waals surface area contributed by atoms with Gasteiger partial charge in [0, 0.05) is 17.8 Å². The Morgan fingerprint density at radius 3 is 2.76 bits per heavy atom. The molecule has 0 unspecified atom stereocenters. The molecule has 5 rings (SSSR count). The molecule has 6 nitrogen and oxygen atoms in total. The maximum Gasteiger partial charge on any atom is 0.154 e. The summed E-state index contributed by atoms with van der Waals surface area (Å²) in [5.74, 6) is 1.54. The fourth-order valence-corrected chi connectivity index (χ4v) is 3.53. The predicted octanol–water partition coefficient (Wildman–Crippen LogP) is 3.26. The van der Waals surface area contributed by atoms with Gasteiger partial charge < -0.3 is 15.5 Å². The Hall–Kier alpha value is -2.86. The normalized spacial score (nSPS) is 20.2. The molecule has 0 aliphatic heterocycles. The summed E-state index contributed by atoms with van der Waals surface area (Å²) in [5, 5.41) is 0. The Morgan fingerprint density at radius 1 is 1.12 bits per heavy atom. The molecule has 4 aromatic rings. The van der Waals surface area contributed by atoms with Crippen LogP contribution in [0.25, 0.3) is 16.7 Å². The molecule has 1 aromatic carbocycles. The summed E-state index contributed by atoms with van der Waals surface area (Å²) in [7, 11) is 0. The first-order valence-electron chi connectivity index (χ1n) is 8.53. The molecule has 1 saturated carbocycles. The molecule has 1 aliphatic rings. The molecule has 0 radical (unpaired) electrons. The third-order valence-corrected chi connectivity index (χ3v) is 5.01. The van der Waals surface area contributed by atoms with Crippen LogP contribution in [0.5, 0.6) is 0 Å². The predicted molar refractivity (Wildman–Crippen MR) is 96.3 cm³/mol. The topological polar surface area (TPSA) is 81.2 Å². The van der Waals surface area contributed by atoms with Crippen LogP contribution >= 0.6 is 0 Å². The molecule has 25 heavy (non-hydrogen) atoms. The summed E-state index contributed by atoms with van der Waals surface area (Å²) in [4.78, 5) is 12.2. The van der Waals surface area contributed by atoms with Gasteiger partial charge in [-0.1, -0.05) is 12.1 Å². The van der Waals surface area contributed by atoms with Gasteiger partial charge in [-0.05, 0) is 36.6 Å². The zero-order chi connectivity index (χ0) is 16.8. The first-order valence-corrected chi connectivity index (χ1v) is 8.53. The maximum absolute atomic E-state index is 6.02. The van der Waals surface area contributed by atoms with Crippen molar-refractivity contribution in [1.29, 1.82) is 0 Å². The van der Waals surface area contributed by atoms with Crippen LogP contribution in [0, 0.1) is 0 Å². The van der Waals surface area contributed by atoms with Gasteiger partial charge in [-0.15, -0.1) is 0 Å².